The normalized spacial score (nSPS) is 12.6. The van der Waals surface area contributed by atoms with Crippen LogP contribution in [0.1, 0.15) is 13.3 Å². The van der Waals surface area contributed by atoms with Crippen LogP contribution in [0.15, 0.2) is 12.2 Å². The van der Waals surface area contributed by atoms with Crippen molar-refractivity contribution >= 4 is 5.91 Å². The lowest BCUT2D eigenvalue weighted by Crippen LogP contribution is -2.24. The predicted octanol–water partition coefficient (Wildman–Crippen LogP) is 0.453. The van der Waals surface area contributed by atoms with E-state index in [1.54, 1.807) is 0 Å². The maximum Gasteiger partial charge on any atom is 0.246 e. The number of hydrogen-bond donors (Lipinski definition) is 1. The Morgan fingerprint density at radius 3 is 2.40 bits per heavy atom. The molecule has 0 aromatic rings. The van der Waals surface area contributed by atoms with E-state index in [1.165, 1.54) is 7.11 Å². The van der Waals surface area contributed by atoms with Crippen molar-refractivity contribution in [1.29, 1.82) is 0 Å². The standard InChI is InChI=1S/C7H13NO2/c1-4-6(10-3)5(2)7(8)9/h6H,2,4H2,1,3H3,(H2,8,9)/t6-/m0/s1. The second-order valence-electron chi connectivity index (χ2n) is 2.02. The molecule has 0 fully saturated rings. The van der Waals surface area contributed by atoms with Gasteiger partial charge in [-0.15, -0.1) is 0 Å². The molecular formula is C7H13NO2. The monoisotopic (exact) mass is 143 g/mol. The first-order chi connectivity index (χ1) is 4.63. The van der Waals surface area contributed by atoms with E-state index in [0.717, 1.165) is 6.42 Å². The molecule has 3 nitrogen and oxygen atoms in total. The predicted molar refractivity (Wildman–Crippen MR) is 39.4 cm³/mol. The van der Waals surface area contributed by atoms with Crippen molar-refractivity contribution in [3.05, 3.63) is 12.2 Å². The molecule has 1 amide bonds. The van der Waals surface area contributed by atoms with Crippen molar-refractivity contribution in [2.75, 3.05) is 7.11 Å². The van der Waals surface area contributed by atoms with Gasteiger partial charge in [0.1, 0.15) is 0 Å². The Morgan fingerprint density at radius 2 is 2.30 bits per heavy atom. The van der Waals surface area contributed by atoms with Gasteiger partial charge in [-0.2, -0.15) is 0 Å². The Balaban J connectivity index is 4.02. The Kier molecular flexibility index (Phi) is 3.72. The maximum atomic E-state index is 10.5. The van der Waals surface area contributed by atoms with Crippen LogP contribution in [-0.2, 0) is 9.53 Å². The summed E-state index contributed by atoms with van der Waals surface area (Å²) in [7, 11) is 1.53. The van der Waals surface area contributed by atoms with Gasteiger partial charge in [-0.1, -0.05) is 13.5 Å². The Labute approximate surface area is 60.9 Å². The van der Waals surface area contributed by atoms with Gasteiger partial charge in [0.05, 0.1) is 6.10 Å². The van der Waals surface area contributed by atoms with Gasteiger partial charge >= 0.3 is 0 Å². The molecule has 0 saturated carbocycles. The fourth-order valence-corrected chi connectivity index (χ4v) is 0.714. The van der Waals surface area contributed by atoms with Crippen molar-refractivity contribution in [1.82, 2.24) is 0 Å². The largest absolute Gasteiger partial charge is 0.377 e. The maximum absolute atomic E-state index is 10.5. The van der Waals surface area contributed by atoms with Gasteiger partial charge in [0.2, 0.25) is 5.91 Å². The molecule has 2 N–H and O–H groups in total. The van der Waals surface area contributed by atoms with E-state index in [4.69, 9.17) is 10.5 Å². The van der Waals surface area contributed by atoms with Gasteiger partial charge in [-0.25, -0.2) is 0 Å². The lowest BCUT2D eigenvalue weighted by atomic mass is 10.1. The van der Waals surface area contributed by atoms with Crippen molar-refractivity contribution in [3.63, 3.8) is 0 Å². The zero-order valence-corrected chi connectivity index (χ0v) is 6.39. The molecule has 0 aliphatic carbocycles. The minimum absolute atomic E-state index is 0.225. The minimum Gasteiger partial charge on any atom is -0.377 e. The fourth-order valence-electron chi connectivity index (χ4n) is 0.714. The molecule has 10 heavy (non-hydrogen) atoms. The zero-order chi connectivity index (χ0) is 8.15. The highest BCUT2D eigenvalue weighted by atomic mass is 16.5. The second kappa shape index (κ2) is 4.06. The number of nitrogens with two attached hydrogens (primary N) is 1. The van der Waals surface area contributed by atoms with Gasteiger partial charge in [0.25, 0.3) is 0 Å². The van der Waals surface area contributed by atoms with Gasteiger partial charge in [0.15, 0.2) is 0 Å². The molecule has 0 aliphatic rings. The molecule has 0 unspecified atom stereocenters. The van der Waals surface area contributed by atoms with E-state index in [-0.39, 0.29) is 6.10 Å². The Hall–Kier alpha value is -0.830. The molecule has 3 heteroatoms. The summed E-state index contributed by atoms with van der Waals surface area (Å²) in [4.78, 5) is 10.5. The van der Waals surface area contributed by atoms with Gasteiger partial charge in [-0.05, 0) is 6.42 Å². The van der Waals surface area contributed by atoms with Crippen LogP contribution in [0.2, 0.25) is 0 Å². The number of hydrogen-bond acceptors (Lipinski definition) is 2. The number of ether oxygens (including phenoxy) is 1. The van der Waals surface area contributed by atoms with E-state index >= 15 is 0 Å². The lowest BCUT2D eigenvalue weighted by Gasteiger charge is -2.12. The Bertz CT molecular complexity index is 139. The van der Waals surface area contributed by atoms with Crippen LogP contribution in [0.5, 0.6) is 0 Å². The van der Waals surface area contributed by atoms with Crippen LogP contribution < -0.4 is 5.73 Å². The summed E-state index contributed by atoms with van der Waals surface area (Å²) in [5.74, 6) is -0.492. The van der Waals surface area contributed by atoms with Crippen molar-refractivity contribution in [2.24, 2.45) is 5.73 Å². The summed E-state index contributed by atoms with van der Waals surface area (Å²) in [6, 6.07) is 0. The van der Waals surface area contributed by atoms with Crippen LogP contribution in [0.4, 0.5) is 0 Å². The first-order valence-corrected chi connectivity index (χ1v) is 3.14. The lowest BCUT2D eigenvalue weighted by molar-refractivity contribution is -0.115. The van der Waals surface area contributed by atoms with Crippen molar-refractivity contribution in [2.45, 2.75) is 19.4 Å². The Morgan fingerprint density at radius 1 is 1.80 bits per heavy atom. The van der Waals surface area contributed by atoms with E-state index in [1.807, 2.05) is 6.92 Å². The van der Waals surface area contributed by atoms with Crippen LogP contribution >= 0.6 is 0 Å². The average molecular weight is 143 g/mol. The first-order valence-electron chi connectivity index (χ1n) is 3.14. The molecule has 0 aromatic heterocycles. The summed E-state index contributed by atoms with van der Waals surface area (Å²) >= 11 is 0. The number of amides is 1. The smallest absolute Gasteiger partial charge is 0.246 e. The molecule has 0 rings (SSSR count). The molecule has 0 saturated heterocycles. The molecular weight excluding hydrogens is 130 g/mol. The number of carbonyl (C=O) groups excluding carboxylic acids is 1. The average Bonchev–Trinajstić information content (AvgIpc) is 1.90. The summed E-state index contributed by atoms with van der Waals surface area (Å²) in [6.07, 6.45) is 0.496. The first kappa shape index (κ1) is 9.17. The van der Waals surface area contributed by atoms with Crippen LogP contribution in [0.25, 0.3) is 0 Å². The van der Waals surface area contributed by atoms with Gasteiger partial charge in [-0.3, -0.25) is 4.79 Å². The van der Waals surface area contributed by atoms with Crippen LogP contribution in [0.3, 0.4) is 0 Å². The molecule has 0 bridgehead atoms. The number of primary amides is 1. The fraction of sp³-hybridized carbons (Fsp3) is 0.571. The van der Waals surface area contributed by atoms with Gasteiger partial charge < -0.3 is 10.5 Å². The zero-order valence-electron chi connectivity index (χ0n) is 6.39. The van der Waals surface area contributed by atoms with Crippen LogP contribution in [0, 0.1) is 0 Å². The van der Waals surface area contributed by atoms with E-state index < -0.39 is 5.91 Å². The summed E-state index contributed by atoms with van der Waals surface area (Å²) in [5.41, 5.74) is 5.31. The number of methoxy groups -OCH3 is 1. The van der Waals surface area contributed by atoms with E-state index in [0.29, 0.717) is 5.57 Å². The number of carbonyl (C=O) groups is 1. The second-order valence-corrected chi connectivity index (χ2v) is 2.02. The molecule has 0 aliphatic heterocycles. The molecule has 1 atom stereocenters. The summed E-state index contributed by atoms with van der Waals surface area (Å²) in [5, 5.41) is 0. The van der Waals surface area contributed by atoms with Crippen LogP contribution in [-0.4, -0.2) is 19.1 Å². The molecule has 0 aromatic carbocycles. The topological polar surface area (TPSA) is 52.3 Å². The van der Waals surface area contributed by atoms with Gasteiger partial charge in [0, 0.05) is 12.7 Å². The number of rotatable bonds is 4. The third-order valence-corrected chi connectivity index (χ3v) is 1.36. The molecule has 0 radical (unpaired) electrons. The summed E-state index contributed by atoms with van der Waals surface area (Å²) < 4.78 is 4.92. The third-order valence-electron chi connectivity index (χ3n) is 1.36. The quantitative estimate of drug-likeness (QED) is 0.581. The summed E-state index contributed by atoms with van der Waals surface area (Å²) in [6.45, 7) is 5.40. The van der Waals surface area contributed by atoms with E-state index in [2.05, 4.69) is 6.58 Å². The molecule has 58 valence electrons. The van der Waals surface area contributed by atoms with E-state index in [9.17, 15) is 4.79 Å². The highest BCUT2D eigenvalue weighted by Gasteiger charge is 2.12. The molecule has 0 spiro atoms. The highest BCUT2D eigenvalue weighted by molar-refractivity contribution is 5.92. The molecule has 0 heterocycles. The van der Waals surface area contributed by atoms with Crippen molar-refractivity contribution < 1.29 is 9.53 Å². The highest BCUT2D eigenvalue weighted by Crippen LogP contribution is 2.06. The SMILES string of the molecule is C=C(C(N)=O)[C@H](CC)OC. The van der Waals surface area contributed by atoms with Crippen molar-refractivity contribution in [3.8, 4) is 0 Å². The minimum atomic E-state index is -0.492. The third kappa shape index (κ3) is 2.19.